The molecule has 10 nitrogen and oxygen atoms in total. The van der Waals surface area contributed by atoms with E-state index < -0.39 is 23.9 Å². The van der Waals surface area contributed by atoms with E-state index in [1.165, 1.54) is 37.5 Å². The zero-order chi connectivity index (χ0) is 24.6. The van der Waals surface area contributed by atoms with Gasteiger partial charge in [0.05, 0.1) is 24.3 Å². The Hall–Kier alpha value is -2.98. The summed E-state index contributed by atoms with van der Waals surface area (Å²) in [5.74, 6) is -3.99. The molecule has 0 unspecified atom stereocenters. The van der Waals surface area contributed by atoms with Crippen molar-refractivity contribution in [1.82, 2.24) is 0 Å². The molecule has 0 amide bonds. The summed E-state index contributed by atoms with van der Waals surface area (Å²) in [6, 6.07) is 5.20. The highest BCUT2D eigenvalue weighted by Gasteiger charge is 2.30. The quantitative estimate of drug-likeness (QED) is 0.301. The Labute approximate surface area is 186 Å². The minimum atomic E-state index is -1.13. The molecule has 0 heterocycles. The number of carboxylic acid groups (broad SMARTS) is 4. The average molecular weight is 456 g/mol. The minimum absolute atomic E-state index is 0.0186. The van der Waals surface area contributed by atoms with Gasteiger partial charge in [-0.1, -0.05) is 25.3 Å². The standard InChI is InChI=1S/C8H6O4.C8H16O2.C6H10O4/c9-7(10)5-2-1-3-6(4-5)8(11)12;9-6-8(7-10)4-2-1-3-5-8;7-5(8)3-1-2-4-6(9)10/h1-4H,(H,9,10)(H,11,12);9-10H,1-7H2;1-4H2,(H,7,8)(H,9,10). The van der Waals surface area contributed by atoms with Crippen molar-refractivity contribution in [2.24, 2.45) is 5.41 Å². The monoisotopic (exact) mass is 456 g/mol. The summed E-state index contributed by atoms with van der Waals surface area (Å²) in [5.41, 5.74) is -0.164. The Morgan fingerprint density at radius 1 is 0.719 bits per heavy atom. The SMILES string of the molecule is O=C(O)CCCCC(=O)O.O=C(O)c1cccc(C(=O)O)c1.OCC1(CO)CCCCC1. The molecule has 0 aromatic heterocycles. The first-order valence-electron chi connectivity index (χ1n) is 10.3. The molecule has 1 aromatic carbocycles. The van der Waals surface area contributed by atoms with Gasteiger partial charge in [-0.25, -0.2) is 9.59 Å². The molecule has 6 N–H and O–H groups in total. The minimum Gasteiger partial charge on any atom is -0.481 e. The number of unbranched alkanes of at least 4 members (excludes halogenated alkanes) is 1. The second-order valence-corrected chi connectivity index (χ2v) is 7.56. The molecule has 10 heteroatoms. The van der Waals surface area contributed by atoms with Gasteiger partial charge in [-0.2, -0.15) is 0 Å². The van der Waals surface area contributed by atoms with Crippen LogP contribution in [-0.4, -0.2) is 67.7 Å². The van der Waals surface area contributed by atoms with Gasteiger partial charge in [-0.15, -0.1) is 0 Å². The first-order valence-corrected chi connectivity index (χ1v) is 10.3. The molecule has 1 aliphatic carbocycles. The molecule has 1 fully saturated rings. The maximum Gasteiger partial charge on any atom is 0.335 e. The third-order valence-corrected chi connectivity index (χ3v) is 4.97. The molecule has 0 radical (unpaired) electrons. The molecule has 1 aliphatic rings. The van der Waals surface area contributed by atoms with Crippen LogP contribution in [0.1, 0.15) is 78.5 Å². The van der Waals surface area contributed by atoms with Crippen LogP contribution < -0.4 is 0 Å². The van der Waals surface area contributed by atoms with Crippen molar-refractivity contribution in [1.29, 1.82) is 0 Å². The van der Waals surface area contributed by atoms with Gasteiger partial charge >= 0.3 is 23.9 Å². The molecule has 0 spiro atoms. The average Bonchev–Trinajstić information content (AvgIpc) is 2.78. The van der Waals surface area contributed by atoms with Crippen molar-refractivity contribution in [3.05, 3.63) is 35.4 Å². The normalized spacial score (nSPS) is 14.1. The van der Waals surface area contributed by atoms with E-state index in [0.29, 0.717) is 12.8 Å². The predicted octanol–water partition coefficient (Wildman–Crippen LogP) is 2.72. The second kappa shape index (κ2) is 15.8. The number of carbonyl (C=O) groups is 4. The fourth-order valence-corrected chi connectivity index (χ4v) is 3.01. The summed E-state index contributed by atoms with van der Waals surface area (Å²) in [7, 11) is 0. The number of aliphatic hydroxyl groups excluding tert-OH is 2. The van der Waals surface area contributed by atoms with Crippen molar-refractivity contribution < 1.29 is 49.8 Å². The van der Waals surface area contributed by atoms with Crippen molar-refractivity contribution >= 4 is 23.9 Å². The Balaban J connectivity index is 0.000000454. The summed E-state index contributed by atoms with van der Waals surface area (Å²) in [6.07, 6.45) is 6.62. The summed E-state index contributed by atoms with van der Waals surface area (Å²) >= 11 is 0. The fourth-order valence-electron chi connectivity index (χ4n) is 3.01. The van der Waals surface area contributed by atoms with Crippen molar-refractivity contribution in [2.75, 3.05) is 13.2 Å². The van der Waals surface area contributed by atoms with E-state index in [1.807, 2.05) is 0 Å². The second-order valence-electron chi connectivity index (χ2n) is 7.56. The smallest absolute Gasteiger partial charge is 0.335 e. The van der Waals surface area contributed by atoms with Gasteiger partial charge < -0.3 is 30.6 Å². The first-order chi connectivity index (χ1) is 15.1. The Morgan fingerprint density at radius 2 is 1.12 bits per heavy atom. The molecule has 1 saturated carbocycles. The van der Waals surface area contributed by atoms with Gasteiger partial charge in [0.15, 0.2) is 0 Å². The van der Waals surface area contributed by atoms with Gasteiger partial charge in [0.2, 0.25) is 0 Å². The van der Waals surface area contributed by atoms with E-state index >= 15 is 0 Å². The highest BCUT2D eigenvalue weighted by Crippen LogP contribution is 2.34. The van der Waals surface area contributed by atoms with Gasteiger partial charge in [0.1, 0.15) is 0 Å². The largest absolute Gasteiger partial charge is 0.481 e. The zero-order valence-electron chi connectivity index (χ0n) is 17.9. The highest BCUT2D eigenvalue weighted by atomic mass is 16.4. The zero-order valence-corrected chi connectivity index (χ0v) is 17.9. The van der Waals surface area contributed by atoms with E-state index in [9.17, 15) is 19.2 Å². The summed E-state index contributed by atoms with van der Waals surface area (Å²) in [4.78, 5) is 40.6. The maximum absolute atomic E-state index is 10.4. The third kappa shape index (κ3) is 12.7. The van der Waals surface area contributed by atoms with Gasteiger partial charge in [-0.3, -0.25) is 9.59 Å². The maximum atomic E-state index is 10.4. The van der Waals surface area contributed by atoms with Crippen LogP contribution >= 0.6 is 0 Å². The summed E-state index contributed by atoms with van der Waals surface area (Å²) in [6.45, 7) is 0.312. The predicted molar refractivity (Wildman–Crippen MR) is 114 cm³/mol. The van der Waals surface area contributed by atoms with Crippen LogP contribution in [0.2, 0.25) is 0 Å². The van der Waals surface area contributed by atoms with E-state index in [0.717, 1.165) is 18.9 Å². The van der Waals surface area contributed by atoms with Crippen molar-refractivity contribution in [3.8, 4) is 0 Å². The number of aromatic carboxylic acids is 2. The molecule has 0 atom stereocenters. The number of benzene rings is 1. The molecule has 0 saturated heterocycles. The van der Waals surface area contributed by atoms with E-state index in [1.54, 1.807) is 0 Å². The molecule has 32 heavy (non-hydrogen) atoms. The number of aliphatic hydroxyl groups is 2. The molecule has 1 aromatic rings. The fraction of sp³-hybridized carbons (Fsp3) is 0.545. The lowest BCUT2D eigenvalue weighted by Gasteiger charge is -2.33. The van der Waals surface area contributed by atoms with Crippen molar-refractivity contribution in [3.63, 3.8) is 0 Å². The van der Waals surface area contributed by atoms with Gasteiger partial charge in [0, 0.05) is 18.3 Å². The topological polar surface area (TPSA) is 190 Å². The number of carboxylic acids is 4. The molecular formula is C22H32O10. The van der Waals surface area contributed by atoms with Crippen LogP contribution in [0.15, 0.2) is 24.3 Å². The molecule has 2 rings (SSSR count). The van der Waals surface area contributed by atoms with Crippen LogP contribution in [-0.2, 0) is 9.59 Å². The molecule has 0 bridgehead atoms. The van der Waals surface area contributed by atoms with Gasteiger partial charge in [0.25, 0.3) is 0 Å². The van der Waals surface area contributed by atoms with Crippen LogP contribution in [0.4, 0.5) is 0 Å². The Kier molecular flexibility index (Phi) is 14.3. The first kappa shape index (κ1) is 29.0. The molecule has 180 valence electrons. The molecule has 0 aliphatic heterocycles. The van der Waals surface area contributed by atoms with Crippen LogP contribution in [0.3, 0.4) is 0 Å². The Morgan fingerprint density at radius 3 is 1.41 bits per heavy atom. The highest BCUT2D eigenvalue weighted by molar-refractivity contribution is 5.93. The number of hydrogen-bond acceptors (Lipinski definition) is 6. The summed E-state index contributed by atoms with van der Waals surface area (Å²) in [5, 5.41) is 51.2. The number of rotatable bonds is 9. The summed E-state index contributed by atoms with van der Waals surface area (Å²) < 4.78 is 0. The van der Waals surface area contributed by atoms with Crippen molar-refractivity contribution in [2.45, 2.75) is 57.8 Å². The van der Waals surface area contributed by atoms with Crippen LogP contribution in [0.5, 0.6) is 0 Å². The lowest BCUT2D eigenvalue weighted by atomic mass is 9.75. The van der Waals surface area contributed by atoms with E-state index in [2.05, 4.69) is 0 Å². The van der Waals surface area contributed by atoms with E-state index in [4.69, 9.17) is 30.6 Å². The van der Waals surface area contributed by atoms with Gasteiger partial charge in [-0.05, 0) is 43.9 Å². The Bertz CT molecular complexity index is 687. The number of hydrogen-bond donors (Lipinski definition) is 6. The third-order valence-electron chi connectivity index (χ3n) is 4.97. The van der Waals surface area contributed by atoms with Crippen LogP contribution in [0.25, 0.3) is 0 Å². The molecular weight excluding hydrogens is 424 g/mol. The lowest BCUT2D eigenvalue weighted by Crippen LogP contribution is -2.31. The van der Waals surface area contributed by atoms with Crippen LogP contribution in [0, 0.1) is 5.41 Å². The number of aliphatic carboxylic acids is 2. The van der Waals surface area contributed by atoms with E-state index in [-0.39, 0.29) is 42.6 Å². The lowest BCUT2D eigenvalue weighted by molar-refractivity contribution is -0.139.